The lowest BCUT2D eigenvalue weighted by Crippen LogP contribution is -2.22. The van der Waals surface area contributed by atoms with E-state index in [2.05, 4.69) is 10.3 Å². The summed E-state index contributed by atoms with van der Waals surface area (Å²) in [6, 6.07) is 2.01. The van der Waals surface area contributed by atoms with Crippen molar-refractivity contribution < 1.29 is 9.90 Å². The van der Waals surface area contributed by atoms with Crippen molar-refractivity contribution in [3.05, 3.63) is 22.9 Å². The van der Waals surface area contributed by atoms with Crippen LogP contribution in [-0.2, 0) is 12.8 Å². The molecule has 0 fully saturated rings. The van der Waals surface area contributed by atoms with E-state index in [1.807, 2.05) is 13.2 Å². The Bertz CT molecular complexity index is 477. The first-order valence-electron chi connectivity index (χ1n) is 6.63. The smallest absolute Gasteiger partial charge is 0.339 e. The van der Waals surface area contributed by atoms with Crippen LogP contribution in [0.4, 0.5) is 5.82 Å². The normalized spacial score (nSPS) is 15.7. The third-order valence-corrected chi connectivity index (χ3v) is 4.16. The fourth-order valence-electron chi connectivity index (χ4n) is 2.43. The average Bonchev–Trinajstić information content (AvgIpc) is 2.38. The summed E-state index contributed by atoms with van der Waals surface area (Å²) >= 11 is 1.73. The highest BCUT2D eigenvalue weighted by molar-refractivity contribution is 7.98. The van der Waals surface area contributed by atoms with Crippen LogP contribution >= 0.6 is 11.8 Å². The van der Waals surface area contributed by atoms with Crippen LogP contribution in [0.25, 0.3) is 0 Å². The van der Waals surface area contributed by atoms with Crippen molar-refractivity contribution in [3.63, 3.8) is 0 Å². The Morgan fingerprint density at radius 1 is 1.53 bits per heavy atom. The van der Waals surface area contributed by atoms with Gasteiger partial charge in [-0.15, -0.1) is 0 Å². The SMILES string of the molecule is CSCC(C)Nc1nc2c(cc1C(=O)O)CCCC2. The summed E-state index contributed by atoms with van der Waals surface area (Å²) in [5.41, 5.74) is 2.47. The molecule has 1 aliphatic rings. The van der Waals surface area contributed by atoms with Crippen LogP contribution in [0.2, 0.25) is 0 Å². The van der Waals surface area contributed by atoms with Gasteiger partial charge in [0.15, 0.2) is 0 Å². The molecular formula is C14H20N2O2S. The van der Waals surface area contributed by atoms with Crippen LogP contribution < -0.4 is 5.32 Å². The van der Waals surface area contributed by atoms with E-state index in [9.17, 15) is 9.90 Å². The maximum Gasteiger partial charge on any atom is 0.339 e. The number of carboxylic acid groups (broad SMARTS) is 1. The van der Waals surface area contributed by atoms with E-state index >= 15 is 0 Å². The van der Waals surface area contributed by atoms with Gasteiger partial charge in [-0.1, -0.05) is 0 Å². The van der Waals surface area contributed by atoms with Gasteiger partial charge in [-0.25, -0.2) is 9.78 Å². The first kappa shape index (κ1) is 14.2. The third-order valence-electron chi connectivity index (χ3n) is 3.33. The highest BCUT2D eigenvalue weighted by atomic mass is 32.2. The fraction of sp³-hybridized carbons (Fsp3) is 0.571. The van der Waals surface area contributed by atoms with Gasteiger partial charge in [-0.3, -0.25) is 0 Å². The molecule has 0 bridgehead atoms. The Morgan fingerprint density at radius 3 is 2.95 bits per heavy atom. The topological polar surface area (TPSA) is 62.2 Å². The standard InChI is InChI=1S/C14H20N2O2S/c1-9(8-19-2)15-13-11(14(17)18)7-10-5-3-4-6-12(10)16-13/h7,9H,3-6,8H2,1-2H3,(H,15,16)(H,17,18). The molecule has 0 aromatic carbocycles. The first-order chi connectivity index (χ1) is 9.11. The number of rotatable bonds is 5. The lowest BCUT2D eigenvalue weighted by atomic mass is 9.94. The van der Waals surface area contributed by atoms with E-state index in [4.69, 9.17) is 0 Å². The quantitative estimate of drug-likeness (QED) is 0.868. The molecule has 1 unspecified atom stereocenters. The van der Waals surface area contributed by atoms with E-state index in [1.54, 1.807) is 17.8 Å². The number of hydrogen-bond acceptors (Lipinski definition) is 4. The maximum absolute atomic E-state index is 11.4. The molecule has 1 aromatic heterocycles. The molecule has 2 rings (SSSR count). The Hall–Kier alpha value is -1.23. The summed E-state index contributed by atoms with van der Waals surface area (Å²) in [4.78, 5) is 15.9. The van der Waals surface area contributed by atoms with E-state index < -0.39 is 5.97 Å². The first-order valence-corrected chi connectivity index (χ1v) is 8.02. The maximum atomic E-state index is 11.4. The largest absolute Gasteiger partial charge is 0.478 e. The second-order valence-corrected chi connectivity index (χ2v) is 5.91. The van der Waals surface area contributed by atoms with Gasteiger partial charge in [-0.2, -0.15) is 11.8 Å². The number of carbonyl (C=O) groups is 1. The molecule has 1 atom stereocenters. The molecule has 1 aliphatic carbocycles. The zero-order chi connectivity index (χ0) is 13.8. The predicted octanol–water partition coefficient (Wildman–Crippen LogP) is 2.82. The number of aromatic carboxylic acids is 1. The third kappa shape index (κ3) is 3.41. The van der Waals surface area contributed by atoms with Gasteiger partial charge in [0, 0.05) is 17.5 Å². The van der Waals surface area contributed by atoms with Crippen molar-refractivity contribution >= 4 is 23.5 Å². The summed E-state index contributed by atoms with van der Waals surface area (Å²) in [7, 11) is 0. The van der Waals surface area contributed by atoms with Crippen LogP contribution in [0.1, 0.15) is 41.4 Å². The van der Waals surface area contributed by atoms with Crippen molar-refractivity contribution in [2.45, 2.75) is 38.6 Å². The Balaban J connectivity index is 2.31. The molecule has 0 radical (unpaired) electrons. The second kappa shape index (κ2) is 6.28. The summed E-state index contributed by atoms with van der Waals surface area (Å²) in [5.74, 6) is 0.548. The molecule has 1 aromatic rings. The summed E-state index contributed by atoms with van der Waals surface area (Å²) in [5, 5.41) is 12.6. The van der Waals surface area contributed by atoms with Gasteiger partial charge in [0.25, 0.3) is 0 Å². The van der Waals surface area contributed by atoms with E-state index in [-0.39, 0.29) is 6.04 Å². The number of aromatic nitrogens is 1. The van der Waals surface area contributed by atoms with Crippen LogP contribution in [-0.4, -0.2) is 34.1 Å². The van der Waals surface area contributed by atoms with Crippen LogP contribution in [0.15, 0.2) is 6.07 Å². The number of fused-ring (bicyclic) bond motifs is 1. The number of pyridine rings is 1. The van der Waals surface area contributed by atoms with Gasteiger partial charge >= 0.3 is 5.97 Å². The molecule has 0 spiro atoms. The van der Waals surface area contributed by atoms with Crippen LogP contribution in [0.5, 0.6) is 0 Å². The highest BCUT2D eigenvalue weighted by Crippen LogP contribution is 2.25. The van der Waals surface area contributed by atoms with Gasteiger partial charge < -0.3 is 10.4 Å². The number of aryl methyl sites for hydroxylation is 2. The molecule has 0 amide bonds. The van der Waals surface area contributed by atoms with Crippen molar-refractivity contribution in [3.8, 4) is 0 Å². The van der Waals surface area contributed by atoms with Gasteiger partial charge in [0.2, 0.25) is 0 Å². The van der Waals surface area contributed by atoms with E-state index in [1.165, 1.54) is 0 Å². The van der Waals surface area contributed by atoms with Gasteiger partial charge in [-0.05, 0) is 50.5 Å². The molecule has 0 saturated carbocycles. The molecule has 1 heterocycles. The summed E-state index contributed by atoms with van der Waals surface area (Å²) in [6.45, 7) is 2.04. The number of hydrogen-bond donors (Lipinski definition) is 2. The number of anilines is 1. The van der Waals surface area contributed by atoms with Crippen molar-refractivity contribution in [2.75, 3.05) is 17.3 Å². The minimum absolute atomic E-state index is 0.210. The average molecular weight is 280 g/mol. The zero-order valence-electron chi connectivity index (χ0n) is 11.4. The van der Waals surface area contributed by atoms with Crippen LogP contribution in [0.3, 0.4) is 0 Å². The number of nitrogens with one attached hydrogen (secondary N) is 1. The van der Waals surface area contributed by atoms with Crippen molar-refractivity contribution in [1.82, 2.24) is 4.98 Å². The number of nitrogens with zero attached hydrogens (tertiary/aromatic N) is 1. The minimum atomic E-state index is -0.903. The van der Waals surface area contributed by atoms with Gasteiger partial charge in [0.05, 0.1) is 0 Å². The molecule has 0 saturated heterocycles. The number of thioether (sulfide) groups is 1. The molecule has 2 N–H and O–H groups in total. The lowest BCUT2D eigenvalue weighted by Gasteiger charge is -2.20. The molecule has 0 aliphatic heterocycles. The Labute approximate surface area is 118 Å². The van der Waals surface area contributed by atoms with E-state index in [0.29, 0.717) is 11.4 Å². The Morgan fingerprint density at radius 2 is 2.26 bits per heavy atom. The fourth-order valence-corrected chi connectivity index (χ4v) is 3.02. The highest BCUT2D eigenvalue weighted by Gasteiger charge is 2.19. The monoisotopic (exact) mass is 280 g/mol. The Kier molecular flexibility index (Phi) is 4.69. The summed E-state index contributed by atoms with van der Waals surface area (Å²) in [6.07, 6.45) is 6.22. The molecule has 19 heavy (non-hydrogen) atoms. The zero-order valence-corrected chi connectivity index (χ0v) is 12.2. The molecule has 5 heteroatoms. The lowest BCUT2D eigenvalue weighted by molar-refractivity contribution is 0.0697. The van der Waals surface area contributed by atoms with Crippen molar-refractivity contribution in [1.29, 1.82) is 0 Å². The summed E-state index contributed by atoms with van der Waals surface area (Å²) < 4.78 is 0. The molecule has 104 valence electrons. The molecular weight excluding hydrogens is 260 g/mol. The van der Waals surface area contributed by atoms with Gasteiger partial charge in [0.1, 0.15) is 11.4 Å². The van der Waals surface area contributed by atoms with Crippen LogP contribution in [0, 0.1) is 0 Å². The minimum Gasteiger partial charge on any atom is -0.478 e. The molecule has 4 nitrogen and oxygen atoms in total. The predicted molar refractivity (Wildman–Crippen MR) is 79.3 cm³/mol. The van der Waals surface area contributed by atoms with E-state index in [0.717, 1.165) is 42.7 Å². The number of carboxylic acids is 1. The van der Waals surface area contributed by atoms with Crippen molar-refractivity contribution in [2.24, 2.45) is 0 Å². The second-order valence-electron chi connectivity index (χ2n) is 5.00.